The second-order valence-electron chi connectivity index (χ2n) is 7.50. The highest BCUT2D eigenvalue weighted by Gasteiger charge is 2.33. The van der Waals surface area contributed by atoms with Crippen molar-refractivity contribution in [2.45, 2.75) is 46.2 Å². The number of ether oxygens (including phenoxy) is 1. The number of pyridine rings is 1. The first kappa shape index (κ1) is 26.5. The highest BCUT2D eigenvalue weighted by Crippen LogP contribution is 2.32. The summed E-state index contributed by atoms with van der Waals surface area (Å²) < 4.78 is 21.1. The molecule has 7 nitrogen and oxygen atoms in total. The summed E-state index contributed by atoms with van der Waals surface area (Å²) in [5, 5.41) is 2.56. The highest BCUT2D eigenvalue weighted by atomic mass is 35.5. The van der Waals surface area contributed by atoms with Gasteiger partial charge in [0.25, 0.3) is 5.91 Å². The summed E-state index contributed by atoms with van der Waals surface area (Å²) in [6.07, 6.45) is 1.74. The molecule has 1 aromatic heterocycles. The number of nitrogens with one attached hydrogen (secondary N) is 1. The zero-order valence-corrected chi connectivity index (χ0v) is 20.5. The molecule has 1 unspecified atom stereocenters. The third kappa shape index (κ3) is 5.45. The number of aldehydes is 1. The van der Waals surface area contributed by atoms with E-state index >= 15 is 0 Å². The average molecular weight is 480 g/mol. The van der Waals surface area contributed by atoms with Crippen LogP contribution >= 0.6 is 11.6 Å². The Morgan fingerprint density at radius 3 is 2.70 bits per heavy atom. The molecular formula is C24H31ClFN3O4. The summed E-state index contributed by atoms with van der Waals surface area (Å²) in [6.45, 7) is 7.36. The minimum Gasteiger partial charge on any atom is -0.491 e. The normalized spacial score (nSPS) is 14.4. The molecule has 2 aromatic rings. The first-order valence-electron chi connectivity index (χ1n) is 11.0. The van der Waals surface area contributed by atoms with Crippen LogP contribution in [-0.2, 0) is 13.0 Å². The molecule has 3 rings (SSSR count). The van der Waals surface area contributed by atoms with E-state index in [1.165, 1.54) is 19.2 Å². The molecule has 9 heteroatoms. The standard InChI is InChI=1S/C22H25ClFN3O4.C2H6/c1-4-26(2)11-14-8-9-16-18(20(29)21(31-3)17(12-28)27(14)16)22(30)25-10-13-6-5-7-15(23)19(13)24;1-2/h5-7,12,14H,4,8-11H2,1-3H3,(H,25,30);1-2H3. The number of carbonyl (C=O) groups is 2. The lowest BCUT2D eigenvalue weighted by molar-refractivity contribution is 0.0945. The van der Waals surface area contributed by atoms with Gasteiger partial charge >= 0.3 is 0 Å². The molecule has 0 saturated carbocycles. The van der Waals surface area contributed by atoms with Gasteiger partial charge in [-0.25, -0.2) is 4.39 Å². The third-order valence-electron chi connectivity index (χ3n) is 5.66. The van der Waals surface area contributed by atoms with Crippen LogP contribution in [0, 0.1) is 5.82 Å². The lowest BCUT2D eigenvalue weighted by atomic mass is 10.1. The summed E-state index contributed by atoms with van der Waals surface area (Å²) in [5.74, 6) is -1.43. The molecule has 1 aliphatic heterocycles. The van der Waals surface area contributed by atoms with Crippen LogP contribution in [0.4, 0.5) is 4.39 Å². The van der Waals surface area contributed by atoms with Crippen molar-refractivity contribution < 1.29 is 18.7 Å². The molecule has 1 amide bonds. The van der Waals surface area contributed by atoms with Gasteiger partial charge in [0, 0.05) is 30.4 Å². The van der Waals surface area contributed by atoms with Gasteiger partial charge in [0.05, 0.1) is 12.1 Å². The monoisotopic (exact) mass is 479 g/mol. The summed E-state index contributed by atoms with van der Waals surface area (Å²) in [7, 11) is 3.26. The van der Waals surface area contributed by atoms with Crippen LogP contribution in [0.25, 0.3) is 0 Å². The van der Waals surface area contributed by atoms with Crippen LogP contribution in [0.15, 0.2) is 23.0 Å². The first-order chi connectivity index (χ1) is 15.8. The predicted molar refractivity (Wildman–Crippen MR) is 127 cm³/mol. The van der Waals surface area contributed by atoms with Gasteiger partial charge in [-0.15, -0.1) is 0 Å². The van der Waals surface area contributed by atoms with E-state index < -0.39 is 17.2 Å². The number of methoxy groups -OCH3 is 1. The van der Waals surface area contributed by atoms with E-state index in [-0.39, 0.29) is 40.2 Å². The predicted octanol–water partition coefficient (Wildman–Crippen LogP) is 3.86. The Hall–Kier alpha value is -2.71. The Bertz CT molecular complexity index is 1070. The van der Waals surface area contributed by atoms with Crippen molar-refractivity contribution in [3.05, 3.63) is 61.8 Å². The van der Waals surface area contributed by atoms with Crippen LogP contribution in [0.5, 0.6) is 5.75 Å². The van der Waals surface area contributed by atoms with Gasteiger partial charge in [-0.3, -0.25) is 14.4 Å². The van der Waals surface area contributed by atoms with Gasteiger partial charge < -0.3 is 19.5 Å². The molecule has 0 bridgehead atoms. The van der Waals surface area contributed by atoms with E-state index in [1.54, 1.807) is 10.6 Å². The molecule has 1 atom stereocenters. The van der Waals surface area contributed by atoms with E-state index in [1.807, 2.05) is 27.8 Å². The molecule has 1 N–H and O–H groups in total. The van der Waals surface area contributed by atoms with E-state index in [0.717, 1.165) is 6.54 Å². The van der Waals surface area contributed by atoms with E-state index in [0.29, 0.717) is 31.4 Å². The molecule has 2 heterocycles. The topological polar surface area (TPSA) is 80.6 Å². The highest BCUT2D eigenvalue weighted by molar-refractivity contribution is 6.30. The molecule has 1 aliphatic rings. The number of fused-ring (bicyclic) bond motifs is 1. The molecule has 180 valence electrons. The Balaban J connectivity index is 0.00000187. The number of nitrogens with zero attached hydrogens (tertiary/aromatic N) is 2. The van der Waals surface area contributed by atoms with Crippen LogP contribution in [0.3, 0.4) is 0 Å². The number of amides is 1. The molecule has 33 heavy (non-hydrogen) atoms. The maximum absolute atomic E-state index is 14.2. The molecule has 0 radical (unpaired) electrons. The minimum atomic E-state index is -0.649. The van der Waals surface area contributed by atoms with Gasteiger partial charge in [-0.2, -0.15) is 0 Å². The third-order valence-corrected chi connectivity index (χ3v) is 5.95. The summed E-state index contributed by atoms with van der Waals surface area (Å²) in [4.78, 5) is 40.0. The largest absolute Gasteiger partial charge is 0.491 e. The van der Waals surface area contributed by atoms with Crippen molar-refractivity contribution in [3.63, 3.8) is 0 Å². The number of rotatable bonds is 8. The zero-order chi connectivity index (χ0) is 24.7. The number of aromatic nitrogens is 1. The fourth-order valence-electron chi connectivity index (χ4n) is 3.98. The van der Waals surface area contributed by atoms with Gasteiger partial charge in [-0.1, -0.05) is 44.5 Å². The smallest absolute Gasteiger partial charge is 0.257 e. The first-order valence-corrected chi connectivity index (χ1v) is 11.4. The van der Waals surface area contributed by atoms with Crippen LogP contribution in [0.2, 0.25) is 5.02 Å². The number of likely N-dealkylation sites (N-methyl/N-ethyl adjacent to an activating group) is 1. The van der Waals surface area contributed by atoms with E-state index in [2.05, 4.69) is 10.2 Å². The van der Waals surface area contributed by atoms with Crippen LogP contribution < -0.4 is 15.5 Å². The van der Waals surface area contributed by atoms with Gasteiger partial charge in [0.1, 0.15) is 17.1 Å². The summed E-state index contributed by atoms with van der Waals surface area (Å²) in [6, 6.07) is 4.42. The van der Waals surface area contributed by atoms with E-state index in [9.17, 15) is 18.8 Å². The number of halogens is 2. The Kier molecular flexibility index (Phi) is 9.61. The lowest BCUT2D eigenvalue weighted by Gasteiger charge is -2.24. The van der Waals surface area contributed by atoms with Crippen LogP contribution in [0.1, 0.15) is 65.3 Å². The molecule has 1 aromatic carbocycles. The SMILES string of the molecule is CC.CCN(C)CC1CCc2c(C(=O)NCc3cccc(Cl)c3F)c(=O)c(OC)c(C=O)n21. The van der Waals surface area contributed by atoms with Gasteiger partial charge in [0.15, 0.2) is 12.0 Å². The Labute approximate surface area is 198 Å². The quantitative estimate of drug-likeness (QED) is 0.581. The van der Waals surface area contributed by atoms with Crippen molar-refractivity contribution in [2.75, 3.05) is 27.2 Å². The second kappa shape index (κ2) is 12.0. The number of hydrogen-bond donors (Lipinski definition) is 1. The fraction of sp³-hybridized carbons (Fsp3) is 0.458. The number of hydrogen-bond acceptors (Lipinski definition) is 5. The van der Waals surface area contributed by atoms with Crippen molar-refractivity contribution in [1.82, 2.24) is 14.8 Å². The molecule has 0 fully saturated rings. The average Bonchev–Trinajstić information content (AvgIpc) is 3.22. The number of carbonyl (C=O) groups excluding carboxylic acids is 2. The molecular weight excluding hydrogens is 449 g/mol. The fourth-order valence-corrected chi connectivity index (χ4v) is 4.18. The van der Waals surface area contributed by atoms with Crippen molar-refractivity contribution in [2.24, 2.45) is 0 Å². The number of benzene rings is 1. The van der Waals surface area contributed by atoms with Gasteiger partial charge in [0.2, 0.25) is 5.43 Å². The Morgan fingerprint density at radius 1 is 1.39 bits per heavy atom. The van der Waals surface area contributed by atoms with Crippen molar-refractivity contribution in [1.29, 1.82) is 0 Å². The maximum atomic E-state index is 14.2. The zero-order valence-electron chi connectivity index (χ0n) is 19.7. The summed E-state index contributed by atoms with van der Waals surface area (Å²) >= 11 is 5.80. The second-order valence-corrected chi connectivity index (χ2v) is 7.91. The lowest BCUT2D eigenvalue weighted by Crippen LogP contribution is -2.34. The molecule has 0 saturated heterocycles. The Morgan fingerprint density at radius 2 is 2.09 bits per heavy atom. The van der Waals surface area contributed by atoms with Crippen molar-refractivity contribution >= 4 is 23.8 Å². The summed E-state index contributed by atoms with van der Waals surface area (Å²) in [5.41, 5.74) is 0.103. The molecule has 0 spiro atoms. The van der Waals surface area contributed by atoms with Gasteiger partial charge in [-0.05, 0) is 32.5 Å². The van der Waals surface area contributed by atoms with E-state index in [4.69, 9.17) is 16.3 Å². The van der Waals surface area contributed by atoms with Crippen molar-refractivity contribution in [3.8, 4) is 5.75 Å². The minimum absolute atomic E-state index is 0.0485. The molecule has 0 aliphatic carbocycles. The maximum Gasteiger partial charge on any atom is 0.257 e. The van der Waals surface area contributed by atoms with Crippen LogP contribution in [-0.4, -0.2) is 48.9 Å².